The number of aromatic nitrogens is 1. The highest BCUT2D eigenvalue weighted by molar-refractivity contribution is 6.24. The molecule has 0 bridgehead atoms. The average Bonchev–Trinajstić information content (AvgIpc) is 3.24. The van der Waals surface area contributed by atoms with Crippen molar-refractivity contribution in [3.8, 4) is 16.8 Å². The molecule has 0 unspecified atom stereocenters. The van der Waals surface area contributed by atoms with Gasteiger partial charge in [0.1, 0.15) is 0 Å². The summed E-state index contributed by atoms with van der Waals surface area (Å²) in [7, 11) is 0. The SMILES string of the molecule is c1ccc(-c2ccc(Nc3cc4ccc5cccc6c5c4c(c3)n6-c3ccccc3)cc2)cc1. The van der Waals surface area contributed by atoms with E-state index in [2.05, 4.69) is 131 Å². The summed E-state index contributed by atoms with van der Waals surface area (Å²) in [5, 5.41) is 8.83. The summed E-state index contributed by atoms with van der Waals surface area (Å²) in [6.07, 6.45) is 0. The molecule has 0 fully saturated rings. The molecule has 160 valence electrons. The Morgan fingerprint density at radius 1 is 0.441 bits per heavy atom. The van der Waals surface area contributed by atoms with Gasteiger partial charge in [-0.25, -0.2) is 0 Å². The smallest absolute Gasteiger partial charge is 0.0568 e. The van der Waals surface area contributed by atoms with Crippen LogP contribution in [0.2, 0.25) is 0 Å². The van der Waals surface area contributed by atoms with Crippen LogP contribution in [0.15, 0.2) is 127 Å². The Morgan fingerprint density at radius 2 is 1.12 bits per heavy atom. The lowest BCUT2D eigenvalue weighted by molar-refractivity contribution is 1.18. The Hall–Kier alpha value is -4.56. The van der Waals surface area contributed by atoms with Gasteiger partial charge in [0.15, 0.2) is 0 Å². The van der Waals surface area contributed by atoms with Crippen LogP contribution in [-0.2, 0) is 0 Å². The van der Waals surface area contributed by atoms with E-state index < -0.39 is 0 Å². The predicted molar refractivity (Wildman–Crippen MR) is 145 cm³/mol. The molecular weight excluding hydrogens is 412 g/mol. The van der Waals surface area contributed by atoms with Crippen molar-refractivity contribution in [1.29, 1.82) is 0 Å². The van der Waals surface area contributed by atoms with Crippen LogP contribution < -0.4 is 5.32 Å². The maximum absolute atomic E-state index is 3.65. The molecular formula is C32H22N2. The minimum atomic E-state index is 1.08. The lowest BCUT2D eigenvalue weighted by Crippen LogP contribution is -1.95. The first-order chi connectivity index (χ1) is 16.8. The Labute approximate surface area is 198 Å². The summed E-state index contributed by atoms with van der Waals surface area (Å²) >= 11 is 0. The summed E-state index contributed by atoms with van der Waals surface area (Å²) in [4.78, 5) is 0. The van der Waals surface area contributed by atoms with Gasteiger partial charge in [0.2, 0.25) is 0 Å². The molecule has 0 atom stereocenters. The van der Waals surface area contributed by atoms with Crippen molar-refractivity contribution >= 4 is 44.0 Å². The fourth-order valence-electron chi connectivity index (χ4n) is 5.16. The van der Waals surface area contributed by atoms with Crippen LogP contribution >= 0.6 is 0 Å². The maximum Gasteiger partial charge on any atom is 0.0568 e. The highest BCUT2D eigenvalue weighted by Gasteiger charge is 2.17. The zero-order chi connectivity index (χ0) is 22.5. The molecule has 0 aliphatic carbocycles. The van der Waals surface area contributed by atoms with Crippen LogP contribution in [0.3, 0.4) is 0 Å². The number of nitrogens with one attached hydrogen (secondary N) is 1. The van der Waals surface area contributed by atoms with E-state index in [0.717, 1.165) is 11.4 Å². The summed E-state index contributed by atoms with van der Waals surface area (Å²) in [6, 6.07) is 45.4. The number of para-hydroxylation sites is 1. The van der Waals surface area contributed by atoms with Gasteiger partial charge in [-0.15, -0.1) is 0 Å². The van der Waals surface area contributed by atoms with Gasteiger partial charge >= 0.3 is 0 Å². The zero-order valence-electron chi connectivity index (χ0n) is 18.6. The second-order valence-corrected chi connectivity index (χ2v) is 8.77. The summed E-state index contributed by atoms with van der Waals surface area (Å²) < 4.78 is 2.38. The Balaban J connectivity index is 1.38. The average molecular weight is 435 g/mol. The number of hydrogen-bond acceptors (Lipinski definition) is 1. The standard InChI is InChI=1S/C32H22N2/c1-3-8-22(9-4-1)23-16-18-26(19-17-23)33-27-20-25-15-14-24-10-7-13-29-31(24)32(25)30(21-27)34(29)28-11-5-2-6-12-28/h1-21,33H. The van der Waals surface area contributed by atoms with E-state index >= 15 is 0 Å². The summed E-state index contributed by atoms with van der Waals surface area (Å²) in [5.41, 5.74) is 8.26. The van der Waals surface area contributed by atoms with Crippen LogP contribution in [-0.4, -0.2) is 4.57 Å². The molecule has 0 saturated heterocycles. The van der Waals surface area contributed by atoms with E-state index in [-0.39, 0.29) is 0 Å². The van der Waals surface area contributed by atoms with E-state index in [0.29, 0.717) is 0 Å². The number of benzene rings is 6. The largest absolute Gasteiger partial charge is 0.355 e. The van der Waals surface area contributed by atoms with Crippen molar-refractivity contribution in [2.45, 2.75) is 0 Å². The van der Waals surface area contributed by atoms with E-state index in [1.165, 1.54) is 49.4 Å². The summed E-state index contributed by atoms with van der Waals surface area (Å²) in [6.45, 7) is 0. The maximum atomic E-state index is 3.65. The molecule has 7 rings (SSSR count). The van der Waals surface area contributed by atoms with E-state index in [1.54, 1.807) is 0 Å². The van der Waals surface area contributed by atoms with Crippen LogP contribution in [0.1, 0.15) is 0 Å². The molecule has 34 heavy (non-hydrogen) atoms. The van der Waals surface area contributed by atoms with Crippen LogP contribution in [0.25, 0.3) is 49.4 Å². The minimum Gasteiger partial charge on any atom is -0.355 e. The topological polar surface area (TPSA) is 17.0 Å². The molecule has 0 aliphatic rings. The third-order valence-corrected chi connectivity index (χ3v) is 6.69. The van der Waals surface area contributed by atoms with Gasteiger partial charge in [0, 0.05) is 27.8 Å². The van der Waals surface area contributed by atoms with Crippen molar-refractivity contribution < 1.29 is 0 Å². The molecule has 0 saturated carbocycles. The number of hydrogen-bond donors (Lipinski definition) is 1. The molecule has 7 aromatic rings. The van der Waals surface area contributed by atoms with Gasteiger partial charge in [-0.1, -0.05) is 84.9 Å². The van der Waals surface area contributed by atoms with E-state index in [9.17, 15) is 0 Å². The quantitative estimate of drug-likeness (QED) is 0.274. The van der Waals surface area contributed by atoms with Gasteiger partial charge in [-0.05, 0) is 64.4 Å². The number of rotatable bonds is 4. The van der Waals surface area contributed by atoms with E-state index in [4.69, 9.17) is 0 Å². The molecule has 0 spiro atoms. The summed E-state index contributed by atoms with van der Waals surface area (Å²) in [5.74, 6) is 0. The second kappa shape index (κ2) is 7.50. The molecule has 1 heterocycles. The number of anilines is 2. The third-order valence-electron chi connectivity index (χ3n) is 6.69. The van der Waals surface area contributed by atoms with Crippen molar-refractivity contribution in [2.75, 3.05) is 5.32 Å². The molecule has 0 amide bonds. The van der Waals surface area contributed by atoms with Crippen molar-refractivity contribution in [2.24, 2.45) is 0 Å². The van der Waals surface area contributed by atoms with Gasteiger partial charge in [-0.2, -0.15) is 0 Å². The first kappa shape index (κ1) is 19.0. The van der Waals surface area contributed by atoms with Gasteiger partial charge in [0.25, 0.3) is 0 Å². The molecule has 6 aromatic carbocycles. The molecule has 0 aliphatic heterocycles. The second-order valence-electron chi connectivity index (χ2n) is 8.77. The monoisotopic (exact) mass is 434 g/mol. The van der Waals surface area contributed by atoms with Crippen LogP contribution in [0.5, 0.6) is 0 Å². The Morgan fingerprint density at radius 3 is 1.91 bits per heavy atom. The van der Waals surface area contributed by atoms with Crippen molar-refractivity contribution in [1.82, 2.24) is 4.57 Å². The molecule has 2 nitrogen and oxygen atoms in total. The van der Waals surface area contributed by atoms with Gasteiger partial charge in [0.05, 0.1) is 11.0 Å². The van der Waals surface area contributed by atoms with Crippen molar-refractivity contribution in [3.05, 3.63) is 127 Å². The van der Waals surface area contributed by atoms with Gasteiger partial charge < -0.3 is 9.88 Å². The fourth-order valence-corrected chi connectivity index (χ4v) is 5.16. The molecule has 1 N–H and O–H groups in total. The normalized spacial score (nSPS) is 11.5. The predicted octanol–water partition coefficient (Wildman–Crippen LogP) is 8.79. The highest BCUT2D eigenvalue weighted by Crippen LogP contribution is 2.40. The first-order valence-electron chi connectivity index (χ1n) is 11.6. The third kappa shape index (κ3) is 2.96. The molecule has 0 radical (unpaired) electrons. The molecule has 2 heteroatoms. The fraction of sp³-hybridized carbons (Fsp3) is 0. The number of nitrogens with zero attached hydrogens (tertiary/aromatic N) is 1. The van der Waals surface area contributed by atoms with Gasteiger partial charge in [-0.3, -0.25) is 0 Å². The van der Waals surface area contributed by atoms with Crippen LogP contribution in [0.4, 0.5) is 11.4 Å². The Kier molecular flexibility index (Phi) is 4.18. The first-order valence-corrected chi connectivity index (χ1v) is 11.6. The van der Waals surface area contributed by atoms with Crippen molar-refractivity contribution in [3.63, 3.8) is 0 Å². The lowest BCUT2D eigenvalue weighted by Gasteiger charge is -2.11. The Bertz CT molecular complexity index is 1740. The minimum absolute atomic E-state index is 1.08. The lowest BCUT2D eigenvalue weighted by atomic mass is 10.0. The highest BCUT2D eigenvalue weighted by atomic mass is 15.0. The van der Waals surface area contributed by atoms with E-state index in [1.807, 2.05) is 6.07 Å². The zero-order valence-corrected chi connectivity index (χ0v) is 18.6. The molecule has 1 aromatic heterocycles. The van der Waals surface area contributed by atoms with Crippen LogP contribution in [0, 0.1) is 0 Å².